The van der Waals surface area contributed by atoms with Crippen molar-refractivity contribution >= 4 is 23.3 Å². The van der Waals surface area contributed by atoms with E-state index in [-0.39, 0.29) is 5.97 Å². The lowest BCUT2D eigenvalue weighted by molar-refractivity contribution is -0.146. The summed E-state index contributed by atoms with van der Waals surface area (Å²) in [4.78, 5) is 17.7. The fourth-order valence-electron chi connectivity index (χ4n) is 3.94. The molecular weight excluding hydrogens is 416 g/mol. The van der Waals surface area contributed by atoms with Gasteiger partial charge in [0.15, 0.2) is 5.82 Å². The van der Waals surface area contributed by atoms with E-state index in [1.807, 2.05) is 60.9 Å². The summed E-state index contributed by atoms with van der Waals surface area (Å²) in [5, 5.41) is 9.33. The molecule has 0 saturated heterocycles. The van der Waals surface area contributed by atoms with E-state index in [0.717, 1.165) is 22.5 Å². The number of ether oxygens (including phenoxy) is 2. The Balaban J connectivity index is 2.04. The second kappa shape index (κ2) is 8.51. The van der Waals surface area contributed by atoms with Crippen LogP contribution in [0.4, 0.5) is 0 Å². The Morgan fingerprint density at radius 2 is 1.90 bits per heavy atom. The van der Waals surface area contributed by atoms with Crippen molar-refractivity contribution in [1.29, 1.82) is 0 Å². The molecule has 0 N–H and O–H groups in total. The summed E-state index contributed by atoms with van der Waals surface area (Å²) in [5.41, 5.74) is 3.32. The van der Waals surface area contributed by atoms with Gasteiger partial charge in [-0.25, -0.2) is 0 Å². The molecular formula is C23H23ClN4O3. The van der Waals surface area contributed by atoms with Crippen LogP contribution in [0.3, 0.4) is 0 Å². The van der Waals surface area contributed by atoms with Gasteiger partial charge < -0.3 is 9.47 Å². The number of rotatable bonds is 5. The van der Waals surface area contributed by atoms with Gasteiger partial charge in [-0.1, -0.05) is 30.7 Å². The number of nitrogens with zero attached hydrogens (tertiary/aromatic N) is 4. The minimum absolute atomic E-state index is 0.331. The van der Waals surface area contributed by atoms with E-state index >= 15 is 0 Å². The van der Waals surface area contributed by atoms with Crippen molar-refractivity contribution in [1.82, 2.24) is 14.8 Å². The molecule has 2 aromatic carbocycles. The molecule has 0 radical (unpaired) electrons. The molecule has 1 aromatic heterocycles. The number of aliphatic imine (C=N–C) groups is 1. The number of benzene rings is 2. The maximum absolute atomic E-state index is 12.6. The number of fused-ring (bicyclic) bond motifs is 3. The number of aromatic nitrogens is 3. The molecule has 1 aliphatic heterocycles. The van der Waals surface area contributed by atoms with Crippen molar-refractivity contribution in [2.45, 2.75) is 26.3 Å². The Morgan fingerprint density at radius 1 is 1.16 bits per heavy atom. The van der Waals surface area contributed by atoms with Crippen LogP contribution in [-0.2, 0) is 9.53 Å². The molecule has 160 valence electrons. The van der Waals surface area contributed by atoms with Gasteiger partial charge in [-0.2, -0.15) is 0 Å². The Labute approximate surface area is 185 Å². The highest BCUT2D eigenvalue weighted by Crippen LogP contribution is 2.37. The Morgan fingerprint density at radius 3 is 2.55 bits per heavy atom. The summed E-state index contributed by atoms with van der Waals surface area (Å²) in [6.07, 6.45) is 0.542. The molecule has 1 aliphatic rings. The summed E-state index contributed by atoms with van der Waals surface area (Å²) in [5.74, 6) is 1.17. The Kier molecular flexibility index (Phi) is 5.78. The maximum Gasteiger partial charge on any atom is 0.311 e. The van der Waals surface area contributed by atoms with Gasteiger partial charge in [0.25, 0.3) is 0 Å². The van der Waals surface area contributed by atoms with Gasteiger partial charge in [0.1, 0.15) is 17.6 Å². The minimum atomic E-state index is -0.567. The lowest BCUT2D eigenvalue weighted by Crippen LogP contribution is -2.24. The van der Waals surface area contributed by atoms with Crippen LogP contribution in [-0.4, -0.2) is 40.7 Å². The number of carbonyl (C=O) groups is 1. The second-order valence-electron chi connectivity index (χ2n) is 7.29. The molecule has 31 heavy (non-hydrogen) atoms. The smallest absolute Gasteiger partial charge is 0.311 e. The number of hydrogen-bond donors (Lipinski definition) is 0. The SMILES string of the molecule is CC[C@@H](C(=O)OC)[C@@H]1N=C(c2ccc(Cl)cc2)c2cc(OC)ccc2-n2c(C)nnc21. The maximum atomic E-state index is 12.6. The van der Waals surface area contributed by atoms with Crippen LogP contribution in [0.5, 0.6) is 5.75 Å². The van der Waals surface area contributed by atoms with Gasteiger partial charge in [0, 0.05) is 16.1 Å². The quantitative estimate of drug-likeness (QED) is 0.554. The first kappa shape index (κ1) is 21.1. The molecule has 2 heterocycles. The van der Waals surface area contributed by atoms with Crippen molar-refractivity contribution in [3.05, 3.63) is 70.3 Å². The van der Waals surface area contributed by atoms with Gasteiger partial charge in [-0.15, -0.1) is 10.2 Å². The normalized spacial score (nSPS) is 15.9. The fraction of sp³-hybridized carbons (Fsp3) is 0.304. The van der Waals surface area contributed by atoms with Crippen molar-refractivity contribution in [2.75, 3.05) is 14.2 Å². The summed E-state index contributed by atoms with van der Waals surface area (Å²) >= 11 is 6.13. The van der Waals surface area contributed by atoms with Gasteiger partial charge in [0.2, 0.25) is 0 Å². The lowest BCUT2D eigenvalue weighted by atomic mass is 9.95. The molecule has 4 rings (SSSR count). The molecule has 7 nitrogen and oxygen atoms in total. The third-order valence-corrected chi connectivity index (χ3v) is 5.78. The number of methoxy groups -OCH3 is 2. The molecule has 3 aromatic rings. The first-order chi connectivity index (χ1) is 15.0. The minimum Gasteiger partial charge on any atom is -0.497 e. The van der Waals surface area contributed by atoms with Crippen LogP contribution in [0.15, 0.2) is 47.5 Å². The molecule has 0 bridgehead atoms. The average molecular weight is 439 g/mol. The van der Waals surface area contributed by atoms with Gasteiger partial charge >= 0.3 is 5.97 Å². The number of esters is 1. The summed E-state index contributed by atoms with van der Waals surface area (Å²) in [6.45, 7) is 3.82. The van der Waals surface area contributed by atoms with Crippen LogP contribution < -0.4 is 4.74 Å². The molecule has 0 amide bonds. The van der Waals surface area contributed by atoms with E-state index in [9.17, 15) is 4.79 Å². The van der Waals surface area contributed by atoms with Crippen LogP contribution in [0, 0.1) is 12.8 Å². The molecule has 0 unspecified atom stereocenters. The van der Waals surface area contributed by atoms with E-state index < -0.39 is 12.0 Å². The van der Waals surface area contributed by atoms with Crippen molar-refractivity contribution in [3.8, 4) is 11.4 Å². The molecule has 0 saturated carbocycles. The number of hydrogen-bond acceptors (Lipinski definition) is 6. The molecule has 0 spiro atoms. The van der Waals surface area contributed by atoms with E-state index in [1.165, 1.54) is 7.11 Å². The van der Waals surface area contributed by atoms with Crippen LogP contribution >= 0.6 is 11.6 Å². The second-order valence-corrected chi connectivity index (χ2v) is 7.73. The zero-order valence-electron chi connectivity index (χ0n) is 17.8. The van der Waals surface area contributed by atoms with Gasteiger partial charge in [0.05, 0.1) is 31.5 Å². The standard InChI is InChI=1S/C23H23ClN4O3/c1-5-17(23(29)31-4)21-22-27-26-13(2)28(22)19-11-10-16(30-3)12-18(19)20(25-21)14-6-8-15(24)9-7-14/h6-12,17,21H,5H2,1-4H3/t17-,21+/m1/s1. The Hall–Kier alpha value is -3.19. The van der Waals surface area contributed by atoms with Crippen LogP contribution in [0.1, 0.15) is 42.2 Å². The lowest BCUT2D eigenvalue weighted by Gasteiger charge is -2.20. The van der Waals surface area contributed by atoms with E-state index in [2.05, 4.69) is 10.2 Å². The highest BCUT2D eigenvalue weighted by Gasteiger charge is 2.36. The molecule has 2 atom stereocenters. The third-order valence-electron chi connectivity index (χ3n) is 5.52. The highest BCUT2D eigenvalue weighted by molar-refractivity contribution is 6.30. The summed E-state index contributed by atoms with van der Waals surface area (Å²) < 4.78 is 12.5. The number of halogens is 1. The van der Waals surface area contributed by atoms with Crippen LogP contribution in [0.2, 0.25) is 5.02 Å². The number of aryl methyl sites for hydroxylation is 1. The predicted molar refractivity (Wildman–Crippen MR) is 118 cm³/mol. The molecule has 0 aliphatic carbocycles. The first-order valence-corrected chi connectivity index (χ1v) is 10.4. The van der Waals surface area contributed by atoms with E-state index in [0.29, 0.717) is 28.8 Å². The Bertz CT molecular complexity index is 1150. The predicted octanol–water partition coefficient (Wildman–Crippen LogP) is 4.33. The van der Waals surface area contributed by atoms with Crippen molar-refractivity contribution in [3.63, 3.8) is 0 Å². The number of carbonyl (C=O) groups excluding carboxylic acids is 1. The zero-order chi connectivity index (χ0) is 22.1. The average Bonchev–Trinajstić information content (AvgIpc) is 3.10. The van der Waals surface area contributed by atoms with Gasteiger partial charge in [-0.3, -0.25) is 14.4 Å². The van der Waals surface area contributed by atoms with Crippen LogP contribution in [0.25, 0.3) is 5.69 Å². The van der Waals surface area contributed by atoms with Gasteiger partial charge in [-0.05, 0) is 43.7 Å². The van der Waals surface area contributed by atoms with E-state index in [1.54, 1.807) is 7.11 Å². The fourth-order valence-corrected chi connectivity index (χ4v) is 4.07. The van der Waals surface area contributed by atoms with Crippen molar-refractivity contribution in [2.24, 2.45) is 10.9 Å². The largest absolute Gasteiger partial charge is 0.497 e. The van der Waals surface area contributed by atoms with Crippen molar-refractivity contribution < 1.29 is 14.3 Å². The highest BCUT2D eigenvalue weighted by atomic mass is 35.5. The topological polar surface area (TPSA) is 78.6 Å². The third kappa shape index (κ3) is 3.70. The molecule has 0 fully saturated rings. The summed E-state index contributed by atoms with van der Waals surface area (Å²) in [6, 6.07) is 12.7. The molecule has 8 heteroatoms. The van der Waals surface area contributed by atoms with E-state index in [4.69, 9.17) is 26.1 Å². The summed E-state index contributed by atoms with van der Waals surface area (Å²) in [7, 11) is 3.02. The monoisotopic (exact) mass is 438 g/mol. The zero-order valence-corrected chi connectivity index (χ0v) is 18.6. The first-order valence-electron chi connectivity index (χ1n) is 10.0.